The molecule has 1 aliphatic rings. The summed E-state index contributed by atoms with van der Waals surface area (Å²) in [6.45, 7) is 3.03. The van der Waals surface area contributed by atoms with E-state index in [-0.39, 0.29) is 17.8 Å². The fraction of sp³-hybridized carbons (Fsp3) is 1.00. The molecule has 0 aromatic rings. The van der Waals surface area contributed by atoms with Gasteiger partial charge in [-0.3, -0.25) is 0 Å². The average molecular weight is 196 g/mol. The smallest absolute Gasteiger partial charge is 0.0556 e. The normalized spacial score (nSPS) is 29.5. The fourth-order valence-electron chi connectivity index (χ4n) is 1.55. The molecule has 1 heterocycles. The van der Waals surface area contributed by atoms with Crippen molar-refractivity contribution < 1.29 is 9.47 Å². The maximum atomic E-state index is 5.66. The summed E-state index contributed by atoms with van der Waals surface area (Å²) in [6.07, 6.45) is 2.25. The molecule has 0 amide bonds. The zero-order valence-corrected chi connectivity index (χ0v) is 8.36. The van der Waals surface area contributed by atoms with Crippen molar-refractivity contribution in [3.8, 4) is 0 Å². The number of hydrogen-bond acceptors (Lipinski definition) is 3. The summed E-state index contributed by atoms with van der Waals surface area (Å²) in [7, 11) is 1.71. The zero-order chi connectivity index (χ0) is 8.16. The Morgan fingerprint density at radius 3 is 2.75 bits per heavy atom. The number of halogens is 1. The monoisotopic (exact) mass is 195 g/mol. The van der Waals surface area contributed by atoms with Gasteiger partial charge in [0, 0.05) is 25.7 Å². The van der Waals surface area contributed by atoms with Crippen molar-refractivity contribution in [2.75, 3.05) is 33.5 Å². The van der Waals surface area contributed by atoms with Gasteiger partial charge in [0.05, 0.1) is 13.2 Å². The predicted octanol–water partition coefficient (Wildman–Crippen LogP) is 0.810. The highest BCUT2D eigenvalue weighted by Gasteiger charge is 2.31. The first-order chi connectivity index (χ1) is 5.33. The maximum Gasteiger partial charge on any atom is 0.0556 e. The van der Waals surface area contributed by atoms with Crippen LogP contribution in [0.25, 0.3) is 0 Å². The molecule has 1 unspecified atom stereocenters. The Balaban J connectivity index is 0.00000121. The second-order valence-electron chi connectivity index (χ2n) is 3.29. The van der Waals surface area contributed by atoms with Crippen LogP contribution in [0.15, 0.2) is 0 Å². The molecule has 0 radical (unpaired) electrons. The van der Waals surface area contributed by atoms with Crippen LogP contribution in [0.4, 0.5) is 0 Å². The maximum absolute atomic E-state index is 5.66. The van der Waals surface area contributed by atoms with Crippen LogP contribution in [0.1, 0.15) is 12.8 Å². The number of nitrogens with two attached hydrogens (primary N) is 1. The molecule has 0 bridgehead atoms. The van der Waals surface area contributed by atoms with E-state index in [2.05, 4.69) is 0 Å². The molecular formula is C8H18ClNO2. The Morgan fingerprint density at radius 2 is 2.33 bits per heavy atom. The largest absolute Gasteiger partial charge is 0.384 e. The number of ether oxygens (including phenoxy) is 2. The van der Waals surface area contributed by atoms with Crippen molar-refractivity contribution >= 4 is 12.4 Å². The predicted molar refractivity (Wildman–Crippen MR) is 50.7 cm³/mol. The molecule has 0 spiro atoms. The molecule has 74 valence electrons. The number of hydrogen-bond donors (Lipinski definition) is 1. The number of methoxy groups -OCH3 is 1. The van der Waals surface area contributed by atoms with E-state index >= 15 is 0 Å². The summed E-state index contributed by atoms with van der Waals surface area (Å²) >= 11 is 0. The van der Waals surface area contributed by atoms with Crippen LogP contribution in [0.2, 0.25) is 0 Å². The van der Waals surface area contributed by atoms with Gasteiger partial charge in [-0.25, -0.2) is 0 Å². The summed E-state index contributed by atoms with van der Waals surface area (Å²) in [5, 5.41) is 0. The van der Waals surface area contributed by atoms with Crippen LogP contribution >= 0.6 is 12.4 Å². The van der Waals surface area contributed by atoms with E-state index in [1.165, 1.54) is 0 Å². The Bertz CT molecular complexity index is 110. The average Bonchev–Trinajstić information content (AvgIpc) is 2.07. The van der Waals surface area contributed by atoms with Gasteiger partial charge in [0.25, 0.3) is 0 Å². The summed E-state index contributed by atoms with van der Waals surface area (Å²) in [6, 6.07) is 0. The van der Waals surface area contributed by atoms with Gasteiger partial charge >= 0.3 is 0 Å². The van der Waals surface area contributed by atoms with Crippen LogP contribution in [0.3, 0.4) is 0 Å². The highest BCUT2D eigenvalue weighted by Crippen LogP contribution is 2.27. The first-order valence-corrected chi connectivity index (χ1v) is 4.10. The molecule has 2 N–H and O–H groups in total. The minimum absolute atomic E-state index is 0. The summed E-state index contributed by atoms with van der Waals surface area (Å²) in [4.78, 5) is 0. The summed E-state index contributed by atoms with van der Waals surface area (Å²) < 4.78 is 10.5. The van der Waals surface area contributed by atoms with E-state index in [0.717, 1.165) is 32.7 Å². The molecule has 0 aromatic carbocycles. The van der Waals surface area contributed by atoms with Gasteiger partial charge in [-0.1, -0.05) is 0 Å². The lowest BCUT2D eigenvalue weighted by Gasteiger charge is -2.35. The fourth-order valence-corrected chi connectivity index (χ4v) is 1.55. The van der Waals surface area contributed by atoms with E-state index in [9.17, 15) is 0 Å². The Morgan fingerprint density at radius 1 is 1.58 bits per heavy atom. The standard InChI is InChI=1S/C8H17NO2.ClH/c1-10-6-8(5-9)3-2-4-11-7-8;/h2-7,9H2,1H3;1H. The first kappa shape index (κ1) is 12.2. The second-order valence-corrected chi connectivity index (χ2v) is 3.29. The molecule has 0 saturated carbocycles. The van der Waals surface area contributed by atoms with Crippen molar-refractivity contribution in [1.82, 2.24) is 0 Å². The molecule has 1 saturated heterocycles. The Kier molecular flexibility index (Phi) is 5.84. The van der Waals surface area contributed by atoms with Crippen molar-refractivity contribution in [2.45, 2.75) is 12.8 Å². The lowest BCUT2D eigenvalue weighted by molar-refractivity contribution is -0.0433. The molecule has 1 aliphatic heterocycles. The SMILES string of the molecule is COCC1(CN)CCCOC1.Cl. The molecule has 1 rings (SSSR count). The molecule has 1 atom stereocenters. The van der Waals surface area contributed by atoms with Gasteiger partial charge < -0.3 is 15.2 Å². The van der Waals surface area contributed by atoms with E-state index < -0.39 is 0 Å². The minimum atomic E-state index is 0. The van der Waals surface area contributed by atoms with Crippen LogP contribution < -0.4 is 5.73 Å². The lowest BCUT2D eigenvalue weighted by Crippen LogP contribution is -2.42. The minimum Gasteiger partial charge on any atom is -0.384 e. The van der Waals surface area contributed by atoms with Crippen molar-refractivity contribution in [1.29, 1.82) is 0 Å². The quantitative estimate of drug-likeness (QED) is 0.725. The van der Waals surface area contributed by atoms with Gasteiger partial charge in [0.1, 0.15) is 0 Å². The van der Waals surface area contributed by atoms with Gasteiger partial charge in [-0.2, -0.15) is 0 Å². The highest BCUT2D eigenvalue weighted by molar-refractivity contribution is 5.85. The van der Waals surface area contributed by atoms with Gasteiger partial charge in [-0.05, 0) is 12.8 Å². The summed E-state index contributed by atoms with van der Waals surface area (Å²) in [5.41, 5.74) is 5.77. The molecular weight excluding hydrogens is 178 g/mol. The zero-order valence-electron chi connectivity index (χ0n) is 7.54. The van der Waals surface area contributed by atoms with Gasteiger partial charge in [0.2, 0.25) is 0 Å². The molecule has 4 heteroatoms. The second kappa shape index (κ2) is 5.75. The number of rotatable bonds is 3. The molecule has 3 nitrogen and oxygen atoms in total. The van der Waals surface area contributed by atoms with E-state index in [4.69, 9.17) is 15.2 Å². The van der Waals surface area contributed by atoms with E-state index in [0.29, 0.717) is 6.54 Å². The van der Waals surface area contributed by atoms with Crippen molar-refractivity contribution in [3.63, 3.8) is 0 Å². The van der Waals surface area contributed by atoms with Gasteiger partial charge in [0.15, 0.2) is 0 Å². The third-order valence-corrected chi connectivity index (χ3v) is 2.29. The van der Waals surface area contributed by atoms with E-state index in [1.807, 2.05) is 0 Å². The molecule has 1 fully saturated rings. The third-order valence-electron chi connectivity index (χ3n) is 2.29. The van der Waals surface area contributed by atoms with Gasteiger partial charge in [-0.15, -0.1) is 12.4 Å². The first-order valence-electron chi connectivity index (χ1n) is 4.10. The molecule has 12 heavy (non-hydrogen) atoms. The van der Waals surface area contributed by atoms with Crippen LogP contribution in [-0.4, -0.2) is 33.5 Å². The lowest BCUT2D eigenvalue weighted by atomic mass is 9.83. The van der Waals surface area contributed by atoms with Crippen LogP contribution in [0, 0.1) is 5.41 Å². The van der Waals surface area contributed by atoms with Crippen molar-refractivity contribution in [3.05, 3.63) is 0 Å². The Hall–Kier alpha value is 0.170. The van der Waals surface area contributed by atoms with Crippen molar-refractivity contribution in [2.24, 2.45) is 11.1 Å². The molecule has 0 aromatic heterocycles. The highest BCUT2D eigenvalue weighted by atomic mass is 35.5. The Labute approximate surface area is 80.0 Å². The van der Waals surface area contributed by atoms with Crippen LogP contribution in [0.5, 0.6) is 0 Å². The summed E-state index contributed by atoms with van der Waals surface area (Å²) in [5.74, 6) is 0. The molecule has 0 aliphatic carbocycles. The van der Waals surface area contributed by atoms with E-state index in [1.54, 1.807) is 7.11 Å². The van der Waals surface area contributed by atoms with Crippen LogP contribution in [-0.2, 0) is 9.47 Å². The third kappa shape index (κ3) is 2.90. The topological polar surface area (TPSA) is 44.5 Å².